The molecule has 1 aromatic carbocycles. The third kappa shape index (κ3) is 5.33. The van der Waals surface area contributed by atoms with E-state index in [-0.39, 0.29) is 0 Å². The molecule has 0 fully saturated rings. The number of anilines is 2. The van der Waals surface area contributed by atoms with Gasteiger partial charge in [-0.2, -0.15) is 4.98 Å². The monoisotopic (exact) mass is 379 g/mol. The average molecular weight is 379 g/mol. The topological polar surface area (TPSA) is 81.2 Å². The van der Waals surface area contributed by atoms with Gasteiger partial charge in [-0.25, -0.2) is 4.98 Å². The van der Waals surface area contributed by atoms with E-state index in [0.29, 0.717) is 12.5 Å². The molecule has 0 aliphatic heterocycles. The summed E-state index contributed by atoms with van der Waals surface area (Å²) < 4.78 is 10.6. The minimum atomic E-state index is 0.602. The third-order valence-electron chi connectivity index (χ3n) is 4.22. The van der Waals surface area contributed by atoms with Crippen LogP contribution in [0.5, 0.6) is 11.5 Å². The molecule has 2 aromatic heterocycles. The fourth-order valence-electron chi connectivity index (χ4n) is 2.79. The molecule has 3 rings (SSSR count). The predicted molar refractivity (Wildman–Crippen MR) is 110 cm³/mol. The molecule has 146 valence electrons. The Morgan fingerprint density at radius 2 is 1.64 bits per heavy atom. The van der Waals surface area contributed by atoms with Crippen LogP contribution >= 0.6 is 0 Å². The van der Waals surface area contributed by atoms with Crippen LogP contribution in [-0.2, 0) is 13.0 Å². The van der Waals surface area contributed by atoms with Crippen molar-refractivity contribution in [2.45, 2.75) is 19.9 Å². The number of hydrogen-bond acceptors (Lipinski definition) is 7. The molecule has 0 spiro atoms. The number of nitrogens with zero attached hydrogens (tertiary/aromatic N) is 3. The van der Waals surface area contributed by atoms with E-state index >= 15 is 0 Å². The third-order valence-corrected chi connectivity index (χ3v) is 4.22. The van der Waals surface area contributed by atoms with Crippen molar-refractivity contribution < 1.29 is 9.47 Å². The van der Waals surface area contributed by atoms with Crippen molar-refractivity contribution >= 4 is 11.8 Å². The van der Waals surface area contributed by atoms with Gasteiger partial charge in [-0.1, -0.05) is 6.07 Å². The van der Waals surface area contributed by atoms with Gasteiger partial charge in [-0.15, -0.1) is 0 Å². The second kappa shape index (κ2) is 9.55. The maximum absolute atomic E-state index is 5.36. The summed E-state index contributed by atoms with van der Waals surface area (Å²) in [5.74, 6) is 2.87. The molecule has 0 atom stereocenters. The van der Waals surface area contributed by atoms with E-state index in [1.807, 2.05) is 43.3 Å². The van der Waals surface area contributed by atoms with Gasteiger partial charge in [-0.05, 0) is 48.7 Å². The van der Waals surface area contributed by atoms with E-state index in [4.69, 9.17) is 9.47 Å². The highest BCUT2D eigenvalue weighted by atomic mass is 16.5. The lowest BCUT2D eigenvalue weighted by Gasteiger charge is -2.11. The summed E-state index contributed by atoms with van der Waals surface area (Å²) in [5.41, 5.74) is 3.19. The number of aryl methyl sites for hydroxylation is 1. The van der Waals surface area contributed by atoms with Crippen LogP contribution in [0.2, 0.25) is 0 Å². The van der Waals surface area contributed by atoms with Gasteiger partial charge in [0.15, 0.2) is 11.5 Å². The molecule has 0 unspecified atom stereocenters. The van der Waals surface area contributed by atoms with Crippen LogP contribution in [0.3, 0.4) is 0 Å². The van der Waals surface area contributed by atoms with Crippen molar-refractivity contribution in [1.82, 2.24) is 15.0 Å². The van der Waals surface area contributed by atoms with Crippen molar-refractivity contribution in [3.05, 3.63) is 65.6 Å². The fraction of sp³-hybridized carbons (Fsp3) is 0.286. The highest BCUT2D eigenvalue weighted by molar-refractivity contribution is 5.44. The van der Waals surface area contributed by atoms with E-state index < -0.39 is 0 Å². The number of benzene rings is 1. The molecule has 0 aliphatic carbocycles. The summed E-state index contributed by atoms with van der Waals surface area (Å²) in [5, 5.41) is 6.62. The average Bonchev–Trinajstić information content (AvgIpc) is 2.72. The lowest BCUT2D eigenvalue weighted by atomic mass is 10.1. The SMILES string of the molecule is COc1ccc(CCNc2cc(C)nc(NCc3ccncc3)n2)cc1OC. The first-order chi connectivity index (χ1) is 13.7. The summed E-state index contributed by atoms with van der Waals surface area (Å²) in [7, 11) is 3.28. The summed E-state index contributed by atoms with van der Waals surface area (Å²) in [6, 6.07) is 11.8. The number of ether oxygens (including phenoxy) is 2. The van der Waals surface area contributed by atoms with Gasteiger partial charge in [-0.3, -0.25) is 4.98 Å². The van der Waals surface area contributed by atoms with E-state index in [2.05, 4.69) is 25.6 Å². The molecule has 7 nitrogen and oxygen atoms in total. The van der Waals surface area contributed by atoms with Gasteiger partial charge in [0.2, 0.25) is 5.95 Å². The zero-order chi connectivity index (χ0) is 19.8. The summed E-state index contributed by atoms with van der Waals surface area (Å²) in [6.45, 7) is 3.35. The van der Waals surface area contributed by atoms with Crippen LogP contribution < -0.4 is 20.1 Å². The standard InChI is InChI=1S/C21H25N5O2/c1-15-12-20(26-21(25-15)24-14-17-6-9-22-10-7-17)23-11-8-16-4-5-18(27-2)19(13-16)28-3/h4-7,9-10,12-13H,8,11,14H2,1-3H3,(H2,23,24,25,26). The van der Waals surface area contributed by atoms with Crippen LogP contribution in [0.4, 0.5) is 11.8 Å². The van der Waals surface area contributed by atoms with Gasteiger partial charge in [0.25, 0.3) is 0 Å². The smallest absolute Gasteiger partial charge is 0.225 e. The van der Waals surface area contributed by atoms with Crippen LogP contribution in [0.25, 0.3) is 0 Å². The zero-order valence-electron chi connectivity index (χ0n) is 16.4. The first-order valence-corrected chi connectivity index (χ1v) is 9.11. The molecular formula is C21H25N5O2. The number of pyridine rings is 1. The van der Waals surface area contributed by atoms with E-state index in [0.717, 1.165) is 47.1 Å². The number of rotatable bonds is 9. The Labute approximate surface area is 165 Å². The second-order valence-electron chi connectivity index (χ2n) is 6.29. The molecule has 0 radical (unpaired) electrons. The minimum Gasteiger partial charge on any atom is -0.493 e. The maximum atomic E-state index is 5.36. The molecule has 0 bridgehead atoms. The van der Waals surface area contributed by atoms with Crippen molar-refractivity contribution in [3.8, 4) is 11.5 Å². The second-order valence-corrected chi connectivity index (χ2v) is 6.29. The van der Waals surface area contributed by atoms with Crippen molar-refractivity contribution in [2.75, 3.05) is 31.4 Å². The Morgan fingerprint density at radius 3 is 2.39 bits per heavy atom. The van der Waals surface area contributed by atoms with Gasteiger partial charge in [0.1, 0.15) is 5.82 Å². The Kier molecular flexibility index (Phi) is 6.62. The van der Waals surface area contributed by atoms with Gasteiger partial charge in [0, 0.05) is 37.2 Å². The lowest BCUT2D eigenvalue weighted by Crippen LogP contribution is -2.10. The minimum absolute atomic E-state index is 0.602. The Balaban J connectivity index is 1.58. The Hall–Kier alpha value is -3.35. The molecule has 0 aliphatic rings. The van der Waals surface area contributed by atoms with Gasteiger partial charge >= 0.3 is 0 Å². The molecule has 28 heavy (non-hydrogen) atoms. The molecule has 7 heteroatoms. The Morgan fingerprint density at radius 1 is 0.857 bits per heavy atom. The number of methoxy groups -OCH3 is 2. The van der Waals surface area contributed by atoms with E-state index in [1.165, 1.54) is 0 Å². The highest BCUT2D eigenvalue weighted by Crippen LogP contribution is 2.27. The van der Waals surface area contributed by atoms with Crippen LogP contribution in [0.15, 0.2) is 48.8 Å². The van der Waals surface area contributed by atoms with Gasteiger partial charge < -0.3 is 20.1 Å². The summed E-state index contributed by atoms with van der Waals surface area (Å²) in [4.78, 5) is 13.0. The fourth-order valence-corrected chi connectivity index (χ4v) is 2.79. The normalized spacial score (nSPS) is 10.4. The van der Waals surface area contributed by atoms with Crippen LogP contribution in [0.1, 0.15) is 16.8 Å². The van der Waals surface area contributed by atoms with Crippen LogP contribution in [-0.4, -0.2) is 35.7 Å². The first kappa shape index (κ1) is 19.4. The number of nitrogens with one attached hydrogen (secondary N) is 2. The van der Waals surface area contributed by atoms with E-state index in [1.54, 1.807) is 26.6 Å². The Bertz CT molecular complexity index is 903. The highest BCUT2D eigenvalue weighted by Gasteiger charge is 2.06. The van der Waals surface area contributed by atoms with E-state index in [9.17, 15) is 0 Å². The number of hydrogen-bond donors (Lipinski definition) is 2. The quantitative estimate of drug-likeness (QED) is 0.589. The lowest BCUT2D eigenvalue weighted by molar-refractivity contribution is 0.354. The molecule has 0 saturated carbocycles. The summed E-state index contributed by atoms with van der Waals surface area (Å²) >= 11 is 0. The van der Waals surface area contributed by atoms with Crippen molar-refractivity contribution in [1.29, 1.82) is 0 Å². The molecule has 0 saturated heterocycles. The zero-order valence-corrected chi connectivity index (χ0v) is 16.4. The number of aromatic nitrogens is 3. The predicted octanol–water partition coefficient (Wildman–Crippen LogP) is 3.46. The van der Waals surface area contributed by atoms with Gasteiger partial charge in [0.05, 0.1) is 14.2 Å². The summed E-state index contributed by atoms with van der Waals surface area (Å²) in [6.07, 6.45) is 4.38. The first-order valence-electron chi connectivity index (χ1n) is 9.11. The molecule has 2 heterocycles. The molecule has 0 amide bonds. The van der Waals surface area contributed by atoms with Crippen molar-refractivity contribution in [3.63, 3.8) is 0 Å². The molecule has 2 N–H and O–H groups in total. The molecule has 3 aromatic rings. The van der Waals surface area contributed by atoms with Crippen molar-refractivity contribution in [2.24, 2.45) is 0 Å². The largest absolute Gasteiger partial charge is 0.493 e. The van der Waals surface area contributed by atoms with Crippen LogP contribution in [0, 0.1) is 6.92 Å². The maximum Gasteiger partial charge on any atom is 0.225 e. The molecular weight excluding hydrogens is 354 g/mol.